The number of halogens is 1. The number of aryl methyl sites for hydroxylation is 1. The Morgan fingerprint density at radius 2 is 1.87 bits per heavy atom. The normalized spacial score (nSPS) is 11.6. The van der Waals surface area contributed by atoms with Crippen LogP contribution in [-0.4, -0.2) is 23.5 Å². The first-order valence-corrected chi connectivity index (χ1v) is 7.05. The van der Waals surface area contributed by atoms with E-state index in [0.29, 0.717) is 5.56 Å². The number of hydrogen-bond donors (Lipinski definition) is 3. The molecule has 2 aromatic rings. The minimum Gasteiger partial charge on any atom is -0.387 e. The Labute approximate surface area is 133 Å². The SMILES string of the molecule is Cc1ccccc1C(O)CNC(=O)C(=O)Nc1cccc(F)c1. The number of hydrogen-bond acceptors (Lipinski definition) is 3. The summed E-state index contributed by atoms with van der Waals surface area (Å²) in [7, 11) is 0. The third-order valence-corrected chi connectivity index (χ3v) is 3.29. The standard InChI is InChI=1S/C17H17FN2O3/c1-11-5-2-3-8-14(11)15(21)10-19-16(22)17(23)20-13-7-4-6-12(18)9-13/h2-9,15,21H,10H2,1H3,(H,19,22)(H,20,23). The zero-order chi connectivity index (χ0) is 16.8. The predicted molar refractivity (Wildman–Crippen MR) is 84.2 cm³/mol. The maximum Gasteiger partial charge on any atom is 0.313 e. The summed E-state index contributed by atoms with van der Waals surface area (Å²) in [6.07, 6.45) is -0.915. The number of aliphatic hydroxyl groups excluding tert-OH is 1. The molecule has 0 saturated carbocycles. The molecule has 0 aliphatic carbocycles. The quantitative estimate of drug-likeness (QED) is 0.754. The minimum absolute atomic E-state index is 0.0970. The van der Waals surface area contributed by atoms with E-state index in [4.69, 9.17) is 0 Å². The number of rotatable bonds is 4. The van der Waals surface area contributed by atoms with E-state index in [2.05, 4.69) is 10.6 Å². The molecular weight excluding hydrogens is 299 g/mol. The summed E-state index contributed by atoms with van der Waals surface area (Å²) >= 11 is 0. The topological polar surface area (TPSA) is 78.4 Å². The fourth-order valence-corrected chi connectivity index (χ4v) is 2.09. The highest BCUT2D eigenvalue weighted by atomic mass is 19.1. The number of benzene rings is 2. The van der Waals surface area contributed by atoms with Gasteiger partial charge in [0.25, 0.3) is 0 Å². The number of carbonyl (C=O) groups is 2. The van der Waals surface area contributed by atoms with E-state index in [9.17, 15) is 19.1 Å². The molecule has 6 heteroatoms. The zero-order valence-corrected chi connectivity index (χ0v) is 12.5. The maximum absolute atomic E-state index is 13.0. The number of nitrogens with one attached hydrogen (secondary N) is 2. The van der Waals surface area contributed by atoms with Crippen LogP contribution in [0.1, 0.15) is 17.2 Å². The Hall–Kier alpha value is -2.73. The van der Waals surface area contributed by atoms with Gasteiger partial charge in [0.05, 0.1) is 6.10 Å². The van der Waals surface area contributed by atoms with Crippen LogP contribution in [0.4, 0.5) is 10.1 Å². The van der Waals surface area contributed by atoms with E-state index < -0.39 is 23.7 Å². The molecular formula is C17H17FN2O3. The lowest BCUT2D eigenvalue weighted by Crippen LogP contribution is -2.37. The third kappa shape index (κ3) is 4.62. The molecule has 2 aromatic carbocycles. The fourth-order valence-electron chi connectivity index (χ4n) is 2.09. The van der Waals surface area contributed by atoms with Crippen LogP contribution in [0.2, 0.25) is 0 Å². The predicted octanol–water partition coefficient (Wildman–Crippen LogP) is 1.92. The summed E-state index contributed by atoms with van der Waals surface area (Å²) in [5.41, 5.74) is 1.75. The van der Waals surface area contributed by atoms with Crippen molar-refractivity contribution >= 4 is 17.5 Å². The molecule has 2 rings (SSSR count). The third-order valence-electron chi connectivity index (χ3n) is 3.29. The lowest BCUT2D eigenvalue weighted by Gasteiger charge is -2.14. The molecule has 0 aromatic heterocycles. The second-order valence-electron chi connectivity index (χ2n) is 5.05. The molecule has 0 aliphatic heterocycles. The van der Waals surface area contributed by atoms with Gasteiger partial charge < -0.3 is 15.7 Å². The van der Waals surface area contributed by atoms with Crippen molar-refractivity contribution in [2.45, 2.75) is 13.0 Å². The molecule has 1 unspecified atom stereocenters. The Morgan fingerprint density at radius 1 is 1.13 bits per heavy atom. The molecule has 0 fully saturated rings. The van der Waals surface area contributed by atoms with Gasteiger partial charge in [0.2, 0.25) is 0 Å². The first kappa shape index (κ1) is 16.6. The van der Waals surface area contributed by atoms with Gasteiger partial charge in [-0.25, -0.2) is 4.39 Å². The molecule has 3 N–H and O–H groups in total. The monoisotopic (exact) mass is 316 g/mol. The number of carbonyl (C=O) groups excluding carboxylic acids is 2. The van der Waals surface area contributed by atoms with Gasteiger partial charge >= 0.3 is 11.8 Å². The van der Waals surface area contributed by atoms with Gasteiger partial charge in [0, 0.05) is 12.2 Å². The van der Waals surface area contributed by atoms with Gasteiger partial charge in [-0.05, 0) is 36.2 Å². The molecule has 2 amide bonds. The first-order valence-electron chi connectivity index (χ1n) is 7.05. The average Bonchev–Trinajstić information content (AvgIpc) is 2.52. The van der Waals surface area contributed by atoms with E-state index in [-0.39, 0.29) is 12.2 Å². The van der Waals surface area contributed by atoms with Gasteiger partial charge in [-0.15, -0.1) is 0 Å². The minimum atomic E-state index is -0.924. The van der Waals surface area contributed by atoms with Crippen LogP contribution in [0.5, 0.6) is 0 Å². The van der Waals surface area contributed by atoms with Crippen molar-refractivity contribution in [1.29, 1.82) is 0 Å². The van der Waals surface area contributed by atoms with Gasteiger partial charge in [0.1, 0.15) is 5.82 Å². The van der Waals surface area contributed by atoms with Crippen LogP contribution < -0.4 is 10.6 Å². The van der Waals surface area contributed by atoms with Crippen molar-refractivity contribution in [3.63, 3.8) is 0 Å². The highest BCUT2D eigenvalue weighted by Gasteiger charge is 2.16. The van der Waals surface area contributed by atoms with Crippen molar-refractivity contribution in [3.8, 4) is 0 Å². The van der Waals surface area contributed by atoms with Crippen molar-refractivity contribution in [3.05, 3.63) is 65.5 Å². The van der Waals surface area contributed by atoms with Crippen LogP contribution in [0.3, 0.4) is 0 Å². The second kappa shape index (κ2) is 7.51. The van der Waals surface area contributed by atoms with Crippen LogP contribution in [0, 0.1) is 12.7 Å². The highest BCUT2D eigenvalue weighted by Crippen LogP contribution is 2.16. The van der Waals surface area contributed by atoms with Crippen LogP contribution in [-0.2, 0) is 9.59 Å². The van der Waals surface area contributed by atoms with Crippen molar-refractivity contribution in [2.24, 2.45) is 0 Å². The van der Waals surface area contributed by atoms with Crippen LogP contribution >= 0.6 is 0 Å². The van der Waals surface area contributed by atoms with Crippen molar-refractivity contribution in [2.75, 3.05) is 11.9 Å². The summed E-state index contributed by atoms with van der Waals surface area (Å²) in [6, 6.07) is 12.4. The number of anilines is 1. The summed E-state index contributed by atoms with van der Waals surface area (Å²) in [5.74, 6) is -2.34. The molecule has 0 heterocycles. The van der Waals surface area contributed by atoms with Gasteiger partial charge in [-0.1, -0.05) is 30.3 Å². The fraction of sp³-hybridized carbons (Fsp3) is 0.176. The van der Waals surface area contributed by atoms with Gasteiger partial charge in [-0.2, -0.15) is 0 Å². The Morgan fingerprint density at radius 3 is 2.57 bits per heavy atom. The smallest absolute Gasteiger partial charge is 0.313 e. The molecule has 23 heavy (non-hydrogen) atoms. The van der Waals surface area contributed by atoms with E-state index in [1.54, 1.807) is 12.1 Å². The Kier molecular flexibility index (Phi) is 5.43. The largest absolute Gasteiger partial charge is 0.387 e. The number of amides is 2. The number of aliphatic hydroxyl groups is 1. The maximum atomic E-state index is 13.0. The molecule has 0 aliphatic rings. The lowest BCUT2D eigenvalue weighted by molar-refractivity contribution is -0.136. The second-order valence-corrected chi connectivity index (χ2v) is 5.05. The lowest BCUT2D eigenvalue weighted by atomic mass is 10.0. The summed E-state index contributed by atoms with van der Waals surface area (Å²) in [4.78, 5) is 23.4. The summed E-state index contributed by atoms with van der Waals surface area (Å²) < 4.78 is 13.0. The average molecular weight is 316 g/mol. The molecule has 0 saturated heterocycles. The van der Waals surface area contributed by atoms with Crippen LogP contribution in [0.25, 0.3) is 0 Å². The molecule has 1 atom stereocenters. The highest BCUT2D eigenvalue weighted by molar-refractivity contribution is 6.39. The Balaban J connectivity index is 1.89. The van der Waals surface area contributed by atoms with Crippen LogP contribution in [0.15, 0.2) is 48.5 Å². The van der Waals surface area contributed by atoms with E-state index >= 15 is 0 Å². The molecule has 0 spiro atoms. The van der Waals surface area contributed by atoms with Gasteiger partial charge in [-0.3, -0.25) is 9.59 Å². The molecule has 120 valence electrons. The van der Waals surface area contributed by atoms with E-state index in [1.165, 1.54) is 18.2 Å². The van der Waals surface area contributed by atoms with E-state index in [1.807, 2.05) is 19.1 Å². The molecule has 0 radical (unpaired) electrons. The van der Waals surface area contributed by atoms with E-state index in [0.717, 1.165) is 11.6 Å². The van der Waals surface area contributed by atoms with Crippen molar-refractivity contribution in [1.82, 2.24) is 5.32 Å². The zero-order valence-electron chi connectivity index (χ0n) is 12.5. The molecule has 5 nitrogen and oxygen atoms in total. The summed E-state index contributed by atoms with van der Waals surface area (Å²) in [6.45, 7) is 1.75. The molecule has 0 bridgehead atoms. The summed E-state index contributed by atoms with van der Waals surface area (Å²) in [5, 5.41) is 14.7. The Bertz CT molecular complexity index is 718. The first-order chi connectivity index (χ1) is 11.0. The van der Waals surface area contributed by atoms with Gasteiger partial charge in [0.15, 0.2) is 0 Å². The van der Waals surface area contributed by atoms with Crippen molar-refractivity contribution < 1.29 is 19.1 Å².